The van der Waals surface area contributed by atoms with Crippen molar-refractivity contribution in [1.29, 1.82) is 0 Å². The average Bonchev–Trinajstić information content (AvgIpc) is 1.90. The van der Waals surface area contributed by atoms with E-state index in [0.29, 0.717) is 0 Å². The Kier molecular flexibility index (Phi) is 1.70. The Hall–Kier alpha value is -0.755. The van der Waals surface area contributed by atoms with Crippen LogP contribution < -0.4 is 11.1 Å². The Labute approximate surface area is 49.8 Å². The highest BCUT2D eigenvalue weighted by atomic mass is 14.3. The molecule has 8 heavy (non-hydrogen) atoms. The van der Waals surface area contributed by atoms with Crippen LogP contribution in [0.1, 0.15) is 0 Å². The lowest BCUT2D eigenvalue weighted by Crippen LogP contribution is -2.21. The third-order valence-electron chi connectivity index (χ3n) is 0.992. The third kappa shape index (κ3) is 1.11. The van der Waals surface area contributed by atoms with Crippen LogP contribution in [0, 0.1) is 0 Å². The molecule has 0 aliphatic rings. The molecule has 39 valence electrons. The van der Waals surface area contributed by atoms with Crippen molar-refractivity contribution in [3.63, 3.8) is 0 Å². The molecule has 0 fully saturated rings. The minimum absolute atomic E-state index is 1.06. The Balaban J connectivity index is 2.83. The van der Waals surface area contributed by atoms with Crippen molar-refractivity contribution in [3.8, 4) is 0 Å². The quantitative estimate of drug-likeness (QED) is 0.494. The molecule has 1 rings (SSSR count). The summed E-state index contributed by atoms with van der Waals surface area (Å²) in [6, 6.07) is 9.80. The van der Waals surface area contributed by atoms with Crippen LogP contribution in [0.2, 0.25) is 0 Å². The molecule has 0 unspecified atom stereocenters. The van der Waals surface area contributed by atoms with E-state index in [1.807, 2.05) is 30.3 Å². The van der Waals surface area contributed by atoms with E-state index < -0.39 is 0 Å². The summed E-state index contributed by atoms with van der Waals surface area (Å²) >= 11 is 0. The highest BCUT2D eigenvalue weighted by molar-refractivity contribution is 6.49. The van der Waals surface area contributed by atoms with Crippen molar-refractivity contribution >= 4 is 12.9 Å². The largest absolute Gasteiger partial charge is 0.370 e. The number of hydrogen-bond donors (Lipinski definition) is 1. The summed E-state index contributed by atoms with van der Waals surface area (Å²) in [4.78, 5) is 0. The van der Waals surface area contributed by atoms with Gasteiger partial charge in [0.15, 0.2) is 0 Å². The van der Waals surface area contributed by atoms with Gasteiger partial charge in [-0.15, -0.1) is 0 Å². The second-order valence-corrected chi connectivity index (χ2v) is 1.58. The normalized spacial score (nSPS) is 8.62. The number of benzene rings is 1. The highest BCUT2D eigenvalue weighted by Crippen LogP contribution is 1.77. The highest BCUT2D eigenvalue weighted by Gasteiger charge is 1.83. The van der Waals surface area contributed by atoms with E-state index >= 15 is 0 Å². The zero-order valence-electron chi connectivity index (χ0n) is 4.54. The van der Waals surface area contributed by atoms with Crippen molar-refractivity contribution in [2.24, 2.45) is 5.64 Å². The minimum atomic E-state index is 1.06. The molecule has 0 saturated carbocycles. The van der Waals surface area contributed by atoms with E-state index in [0.717, 1.165) is 5.46 Å². The van der Waals surface area contributed by atoms with Gasteiger partial charge in [-0.05, 0) is 0 Å². The molecule has 2 heteroatoms. The van der Waals surface area contributed by atoms with Gasteiger partial charge in [-0.25, -0.2) is 0 Å². The minimum Gasteiger partial charge on any atom is -0.370 e. The Morgan fingerprint density at radius 1 is 1.12 bits per heavy atom. The molecule has 1 nitrogen and oxygen atoms in total. The molecule has 2 N–H and O–H groups in total. The fraction of sp³-hybridized carbons (Fsp3) is 0. The first-order chi connectivity index (χ1) is 3.93. The Bertz CT molecular complexity index is 150. The van der Waals surface area contributed by atoms with Crippen molar-refractivity contribution in [3.05, 3.63) is 30.3 Å². The second kappa shape index (κ2) is 2.53. The maximum absolute atomic E-state index is 5.22. The number of nitrogens with two attached hydrogens (primary N) is 1. The fourth-order valence-corrected chi connectivity index (χ4v) is 0.564. The van der Waals surface area contributed by atoms with Crippen LogP contribution in [0.3, 0.4) is 0 Å². The maximum atomic E-state index is 5.22. The SMILES string of the molecule is N[B]c1ccccc1. The molecule has 1 aromatic carbocycles. The molecule has 1 radical (unpaired) electrons. The molecule has 0 bridgehead atoms. The van der Waals surface area contributed by atoms with Gasteiger partial charge in [-0.1, -0.05) is 35.8 Å². The van der Waals surface area contributed by atoms with Crippen molar-refractivity contribution in [2.75, 3.05) is 0 Å². The van der Waals surface area contributed by atoms with Crippen molar-refractivity contribution in [1.82, 2.24) is 0 Å². The summed E-state index contributed by atoms with van der Waals surface area (Å²) in [6.45, 7) is 0. The summed E-state index contributed by atoms with van der Waals surface area (Å²) in [5.74, 6) is 0. The lowest BCUT2D eigenvalue weighted by atomic mass is 9.85. The lowest BCUT2D eigenvalue weighted by molar-refractivity contribution is 1.75. The van der Waals surface area contributed by atoms with Crippen LogP contribution in [-0.4, -0.2) is 7.41 Å². The molecule has 0 spiro atoms. The van der Waals surface area contributed by atoms with Crippen molar-refractivity contribution in [2.45, 2.75) is 0 Å². The van der Waals surface area contributed by atoms with E-state index in [1.165, 1.54) is 0 Å². The van der Waals surface area contributed by atoms with Crippen molar-refractivity contribution < 1.29 is 0 Å². The summed E-state index contributed by atoms with van der Waals surface area (Å²) in [5, 5.41) is 0. The fourth-order valence-electron chi connectivity index (χ4n) is 0.564. The molecule has 0 saturated heterocycles. The van der Waals surface area contributed by atoms with Crippen LogP contribution in [0.25, 0.3) is 0 Å². The van der Waals surface area contributed by atoms with Gasteiger partial charge in [0.2, 0.25) is 7.41 Å². The van der Waals surface area contributed by atoms with E-state index in [2.05, 4.69) is 0 Å². The number of rotatable bonds is 1. The van der Waals surface area contributed by atoms with Gasteiger partial charge < -0.3 is 5.64 Å². The smallest absolute Gasteiger partial charge is 0.241 e. The molecule has 0 heterocycles. The maximum Gasteiger partial charge on any atom is 0.241 e. The molecule has 0 atom stereocenters. The van der Waals surface area contributed by atoms with E-state index in [9.17, 15) is 0 Å². The van der Waals surface area contributed by atoms with E-state index in [4.69, 9.17) is 5.64 Å². The average molecular weight is 104 g/mol. The molecule has 0 amide bonds. The molecule has 0 aliphatic heterocycles. The third-order valence-corrected chi connectivity index (χ3v) is 0.992. The van der Waals surface area contributed by atoms with Gasteiger partial charge in [-0.3, -0.25) is 0 Å². The first-order valence-electron chi connectivity index (χ1n) is 2.53. The molecular formula is C6H7BN. The Morgan fingerprint density at radius 2 is 1.75 bits per heavy atom. The summed E-state index contributed by atoms with van der Waals surface area (Å²) in [6.07, 6.45) is 0. The topological polar surface area (TPSA) is 26.0 Å². The Morgan fingerprint density at radius 3 is 2.12 bits per heavy atom. The second-order valence-electron chi connectivity index (χ2n) is 1.58. The van der Waals surface area contributed by atoms with Gasteiger partial charge in [0.1, 0.15) is 0 Å². The van der Waals surface area contributed by atoms with Gasteiger partial charge in [-0.2, -0.15) is 0 Å². The van der Waals surface area contributed by atoms with Gasteiger partial charge in [0, 0.05) is 0 Å². The zero-order valence-corrected chi connectivity index (χ0v) is 4.54. The van der Waals surface area contributed by atoms with E-state index in [1.54, 1.807) is 7.41 Å². The summed E-state index contributed by atoms with van der Waals surface area (Å²) < 4.78 is 0. The zero-order chi connectivity index (χ0) is 5.82. The van der Waals surface area contributed by atoms with E-state index in [-0.39, 0.29) is 0 Å². The first-order valence-corrected chi connectivity index (χ1v) is 2.53. The summed E-state index contributed by atoms with van der Waals surface area (Å²) in [7, 11) is 1.58. The van der Waals surface area contributed by atoms with Crippen LogP contribution in [0.5, 0.6) is 0 Å². The molecule has 1 aromatic rings. The molecule has 0 aliphatic carbocycles. The number of hydrogen-bond acceptors (Lipinski definition) is 1. The predicted molar refractivity (Wildman–Crippen MR) is 36.0 cm³/mol. The molecule has 0 aromatic heterocycles. The lowest BCUT2D eigenvalue weighted by Gasteiger charge is -1.87. The first kappa shape index (κ1) is 5.38. The van der Waals surface area contributed by atoms with Crippen LogP contribution in [-0.2, 0) is 0 Å². The van der Waals surface area contributed by atoms with Gasteiger partial charge >= 0.3 is 0 Å². The standard InChI is InChI=1S/C6H7BN/c8-7-6-4-2-1-3-5-6/h1-5H,8H2. The summed E-state index contributed by atoms with van der Waals surface area (Å²) in [5.41, 5.74) is 6.29. The van der Waals surface area contributed by atoms with Gasteiger partial charge in [0.25, 0.3) is 0 Å². The van der Waals surface area contributed by atoms with Crippen LogP contribution >= 0.6 is 0 Å². The monoisotopic (exact) mass is 104 g/mol. The van der Waals surface area contributed by atoms with Crippen LogP contribution in [0.4, 0.5) is 0 Å². The predicted octanol–water partition coefficient (Wildman–Crippen LogP) is -0.110. The van der Waals surface area contributed by atoms with Gasteiger partial charge in [0.05, 0.1) is 0 Å². The van der Waals surface area contributed by atoms with Crippen LogP contribution in [0.15, 0.2) is 30.3 Å². The molecular weight excluding hydrogens is 96.9 g/mol.